The number of nitrogens with zero attached hydrogens (tertiary/aromatic N) is 1. The van der Waals surface area contributed by atoms with Crippen LogP contribution < -0.4 is 4.90 Å². The van der Waals surface area contributed by atoms with Crippen molar-refractivity contribution in [2.45, 2.75) is 38.5 Å². The van der Waals surface area contributed by atoms with Crippen molar-refractivity contribution in [3.05, 3.63) is 198 Å². The molecule has 55 heavy (non-hydrogen) atoms. The summed E-state index contributed by atoms with van der Waals surface area (Å²) in [6, 6.07) is 65.9. The van der Waals surface area contributed by atoms with E-state index in [1.54, 1.807) is 0 Å². The largest absolute Gasteiger partial charge is 0.310 e. The highest BCUT2D eigenvalue weighted by molar-refractivity contribution is 6.21. The van der Waals surface area contributed by atoms with Crippen LogP contribution in [0.25, 0.3) is 65.7 Å². The third-order valence-electron chi connectivity index (χ3n) is 12.9. The van der Waals surface area contributed by atoms with Gasteiger partial charge in [0.1, 0.15) is 0 Å². The number of rotatable bonds is 4. The Bertz CT molecular complexity index is 2930. The van der Waals surface area contributed by atoms with Gasteiger partial charge >= 0.3 is 0 Å². The predicted octanol–water partition coefficient (Wildman–Crippen LogP) is 14.9. The van der Waals surface area contributed by atoms with Crippen LogP contribution in [0, 0.1) is 0 Å². The van der Waals surface area contributed by atoms with Gasteiger partial charge in [0.2, 0.25) is 0 Å². The van der Waals surface area contributed by atoms with Crippen LogP contribution in [-0.4, -0.2) is 0 Å². The molecule has 0 fully saturated rings. The van der Waals surface area contributed by atoms with Crippen LogP contribution in [0.2, 0.25) is 0 Å². The summed E-state index contributed by atoms with van der Waals surface area (Å²) in [6.45, 7) is 9.42. The quantitative estimate of drug-likeness (QED) is 0.165. The third-order valence-corrected chi connectivity index (χ3v) is 12.9. The Labute approximate surface area is 323 Å². The second kappa shape index (κ2) is 11.5. The molecule has 0 radical (unpaired) electrons. The van der Waals surface area contributed by atoms with E-state index in [1.165, 1.54) is 88.0 Å². The van der Waals surface area contributed by atoms with Gasteiger partial charge in [0.05, 0.1) is 0 Å². The summed E-state index contributed by atoms with van der Waals surface area (Å²) in [7, 11) is 0. The van der Waals surface area contributed by atoms with Crippen molar-refractivity contribution < 1.29 is 0 Å². The van der Waals surface area contributed by atoms with Crippen molar-refractivity contribution in [1.29, 1.82) is 0 Å². The van der Waals surface area contributed by atoms with E-state index >= 15 is 0 Å². The molecule has 0 amide bonds. The minimum atomic E-state index is -0.0479. The number of benzene rings is 9. The molecule has 0 heterocycles. The van der Waals surface area contributed by atoms with Crippen LogP contribution >= 0.6 is 0 Å². The lowest BCUT2D eigenvalue weighted by atomic mass is 9.82. The van der Waals surface area contributed by atoms with E-state index in [2.05, 4.69) is 209 Å². The fourth-order valence-corrected chi connectivity index (χ4v) is 10.0. The third kappa shape index (κ3) is 4.60. The van der Waals surface area contributed by atoms with Gasteiger partial charge in [0, 0.05) is 27.9 Å². The average Bonchev–Trinajstić information content (AvgIpc) is 3.60. The van der Waals surface area contributed by atoms with E-state index in [0.717, 1.165) is 17.1 Å². The highest BCUT2D eigenvalue weighted by atomic mass is 15.1. The Morgan fingerprint density at radius 2 is 0.782 bits per heavy atom. The highest BCUT2D eigenvalue weighted by Crippen LogP contribution is 2.53. The van der Waals surface area contributed by atoms with Gasteiger partial charge in [0.15, 0.2) is 0 Å². The standard InChI is InChI=1S/C54H41N/c1-53(2)49-19-11-9-17-43(49)47-31-37(26-29-51(47)53)55(38-27-30-52-48(32-38)44-18-10-12-20-50(44)54(52,3)4)36-24-21-35(22-25-36)45-33-46-39-14-6-5-13-34(39)23-28-42(46)40-15-7-8-16-41(40)45/h5-33H,1-4H3. The summed E-state index contributed by atoms with van der Waals surface area (Å²) in [5, 5.41) is 7.70. The van der Waals surface area contributed by atoms with Gasteiger partial charge in [-0.1, -0.05) is 161 Å². The molecule has 1 nitrogen and oxygen atoms in total. The Kier molecular flexibility index (Phi) is 6.72. The molecule has 262 valence electrons. The fourth-order valence-electron chi connectivity index (χ4n) is 10.0. The van der Waals surface area contributed by atoms with Gasteiger partial charge in [-0.3, -0.25) is 0 Å². The second-order valence-electron chi connectivity index (χ2n) is 16.5. The molecule has 9 aromatic carbocycles. The first-order chi connectivity index (χ1) is 26.8. The molecular formula is C54H41N. The summed E-state index contributed by atoms with van der Waals surface area (Å²) in [6.07, 6.45) is 0. The van der Waals surface area contributed by atoms with Gasteiger partial charge in [-0.25, -0.2) is 0 Å². The first kappa shape index (κ1) is 32.0. The normalized spacial score (nSPS) is 14.5. The molecule has 11 rings (SSSR count). The van der Waals surface area contributed by atoms with Gasteiger partial charge in [-0.05, 0) is 130 Å². The molecule has 0 N–H and O–H groups in total. The van der Waals surface area contributed by atoms with E-state index in [1.807, 2.05) is 0 Å². The minimum Gasteiger partial charge on any atom is -0.310 e. The van der Waals surface area contributed by atoms with Gasteiger partial charge < -0.3 is 4.90 Å². The van der Waals surface area contributed by atoms with Crippen LogP contribution in [0.15, 0.2) is 176 Å². The summed E-state index contributed by atoms with van der Waals surface area (Å²) >= 11 is 0. The summed E-state index contributed by atoms with van der Waals surface area (Å²) < 4.78 is 0. The van der Waals surface area contributed by atoms with E-state index in [0.29, 0.717) is 0 Å². The molecule has 0 spiro atoms. The van der Waals surface area contributed by atoms with Crippen LogP contribution in [0.5, 0.6) is 0 Å². The molecule has 0 saturated heterocycles. The van der Waals surface area contributed by atoms with E-state index in [-0.39, 0.29) is 10.8 Å². The Morgan fingerprint density at radius 3 is 1.40 bits per heavy atom. The van der Waals surface area contributed by atoms with Crippen molar-refractivity contribution in [3.63, 3.8) is 0 Å². The predicted molar refractivity (Wildman–Crippen MR) is 234 cm³/mol. The molecule has 2 aliphatic carbocycles. The average molecular weight is 704 g/mol. The maximum atomic E-state index is 2.46. The maximum Gasteiger partial charge on any atom is 0.0468 e. The van der Waals surface area contributed by atoms with Crippen LogP contribution in [0.4, 0.5) is 17.1 Å². The topological polar surface area (TPSA) is 3.24 Å². The van der Waals surface area contributed by atoms with Crippen molar-refractivity contribution in [2.24, 2.45) is 0 Å². The summed E-state index contributed by atoms with van der Waals surface area (Å²) in [4.78, 5) is 2.46. The first-order valence-electron chi connectivity index (χ1n) is 19.5. The molecule has 0 atom stereocenters. The monoisotopic (exact) mass is 703 g/mol. The van der Waals surface area contributed by atoms with E-state index < -0.39 is 0 Å². The second-order valence-corrected chi connectivity index (χ2v) is 16.5. The molecule has 1 heteroatoms. The maximum absolute atomic E-state index is 2.46. The summed E-state index contributed by atoms with van der Waals surface area (Å²) in [5.41, 5.74) is 16.7. The Hall–Kier alpha value is -6.44. The van der Waals surface area contributed by atoms with Gasteiger partial charge in [-0.2, -0.15) is 0 Å². The SMILES string of the molecule is CC1(C)c2ccccc2-c2cc(N(c3ccc(-c4cc5c6ccccc6ccc5c5ccccc45)cc3)c3ccc4c(c3)-c3ccccc3C4(C)C)ccc21. The van der Waals surface area contributed by atoms with Crippen molar-refractivity contribution in [3.8, 4) is 33.4 Å². The smallest absolute Gasteiger partial charge is 0.0468 e. The van der Waals surface area contributed by atoms with Crippen LogP contribution in [-0.2, 0) is 10.8 Å². The van der Waals surface area contributed by atoms with Crippen molar-refractivity contribution >= 4 is 49.4 Å². The lowest BCUT2D eigenvalue weighted by molar-refractivity contribution is 0.660. The number of fused-ring (bicyclic) bond motifs is 11. The van der Waals surface area contributed by atoms with Gasteiger partial charge in [0.25, 0.3) is 0 Å². The molecule has 0 unspecified atom stereocenters. The molecule has 0 aromatic heterocycles. The van der Waals surface area contributed by atoms with E-state index in [9.17, 15) is 0 Å². The van der Waals surface area contributed by atoms with Gasteiger partial charge in [-0.15, -0.1) is 0 Å². The molecule has 2 aliphatic rings. The fraction of sp³-hybridized carbons (Fsp3) is 0.111. The lowest BCUT2D eigenvalue weighted by Crippen LogP contribution is -2.16. The van der Waals surface area contributed by atoms with Crippen molar-refractivity contribution in [2.75, 3.05) is 4.90 Å². The number of hydrogen-bond donors (Lipinski definition) is 0. The molecular weight excluding hydrogens is 663 g/mol. The van der Waals surface area contributed by atoms with Crippen LogP contribution in [0.3, 0.4) is 0 Å². The lowest BCUT2D eigenvalue weighted by Gasteiger charge is -2.28. The zero-order valence-electron chi connectivity index (χ0n) is 31.7. The van der Waals surface area contributed by atoms with Crippen molar-refractivity contribution in [1.82, 2.24) is 0 Å². The zero-order valence-corrected chi connectivity index (χ0v) is 31.7. The highest BCUT2D eigenvalue weighted by Gasteiger charge is 2.37. The molecule has 9 aromatic rings. The number of hydrogen-bond acceptors (Lipinski definition) is 1. The molecule has 0 bridgehead atoms. The first-order valence-corrected chi connectivity index (χ1v) is 19.5. The Balaban J connectivity index is 1.10. The van der Waals surface area contributed by atoms with Crippen LogP contribution in [0.1, 0.15) is 49.9 Å². The zero-order chi connectivity index (χ0) is 37.1. The number of anilines is 3. The Morgan fingerprint density at radius 1 is 0.309 bits per heavy atom. The minimum absolute atomic E-state index is 0.0479. The summed E-state index contributed by atoms with van der Waals surface area (Å²) in [5.74, 6) is 0. The van der Waals surface area contributed by atoms with E-state index in [4.69, 9.17) is 0 Å². The molecule has 0 saturated carbocycles. The molecule has 0 aliphatic heterocycles.